The van der Waals surface area contributed by atoms with E-state index in [0.717, 1.165) is 16.3 Å². The average molecular weight is 466 g/mol. The van der Waals surface area contributed by atoms with Crippen molar-refractivity contribution in [2.75, 3.05) is 20.6 Å². The molecule has 11 heteroatoms. The van der Waals surface area contributed by atoms with Crippen LogP contribution in [0.2, 0.25) is 0 Å². The molecule has 0 spiro atoms. The van der Waals surface area contributed by atoms with Gasteiger partial charge in [0.1, 0.15) is 0 Å². The number of benzene rings is 2. The fraction of sp³-hybridized carbons (Fsp3) is 0.238. The fourth-order valence-corrected chi connectivity index (χ4v) is 3.79. The molecule has 7 nitrogen and oxygen atoms in total. The molecular formula is C21H21F3N4O3S. The molecule has 3 rings (SSSR count). The number of nitrogens with zero attached hydrogens (tertiary/aromatic N) is 3. The number of rotatable bonds is 6. The van der Waals surface area contributed by atoms with Gasteiger partial charge < -0.3 is 4.90 Å². The van der Waals surface area contributed by atoms with E-state index in [2.05, 4.69) is 9.82 Å². The summed E-state index contributed by atoms with van der Waals surface area (Å²) in [6.07, 6.45) is -4.64. The largest absolute Gasteiger partial charge is 0.435 e. The van der Waals surface area contributed by atoms with E-state index in [1.54, 1.807) is 24.3 Å². The van der Waals surface area contributed by atoms with Crippen LogP contribution in [-0.4, -0.2) is 49.6 Å². The normalized spacial score (nSPS) is 12.1. The van der Waals surface area contributed by atoms with Gasteiger partial charge in [0.25, 0.3) is 0 Å². The van der Waals surface area contributed by atoms with Crippen molar-refractivity contribution in [1.29, 1.82) is 0 Å². The first-order valence-electron chi connectivity index (χ1n) is 9.43. The number of aromatic nitrogens is 2. The van der Waals surface area contributed by atoms with Gasteiger partial charge in [-0.3, -0.25) is 4.79 Å². The van der Waals surface area contributed by atoms with Gasteiger partial charge in [0, 0.05) is 19.7 Å². The second kappa shape index (κ2) is 8.75. The van der Waals surface area contributed by atoms with Crippen LogP contribution in [0.4, 0.5) is 13.2 Å². The van der Waals surface area contributed by atoms with E-state index < -0.39 is 34.3 Å². The van der Waals surface area contributed by atoms with Gasteiger partial charge in [0.15, 0.2) is 5.69 Å². The Morgan fingerprint density at radius 3 is 2.19 bits per heavy atom. The second-order valence-corrected chi connectivity index (χ2v) is 9.06. The SMILES string of the molecule is Cc1ccc(-c2cc(C(F)(F)F)nn2-c2ccc(S(=O)(=O)NCC(=O)N(C)C)cc2)cc1. The summed E-state index contributed by atoms with van der Waals surface area (Å²) in [7, 11) is -0.987. The van der Waals surface area contributed by atoms with Crippen LogP contribution in [0.25, 0.3) is 16.9 Å². The number of halogens is 3. The molecule has 2 aromatic carbocycles. The minimum absolute atomic E-state index is 0.132. The molecule has 0 bridgehead atoms. The summed E-state index contributed by atoms with van der Waals surface area (Å²) in [6.45, 7) is 1.45. The number of aryl methyl sites for hydroxylation is 1. The Balaban J connectivity index is 1.97. The molecule has 0 radical (unpaired) electrons. The molecule has 32 heavy (non-hydrogen) atoms. The lowest BCUT2D eigenvalue weighted by molar-refractivity contribution is -0.141. The lowest BCUT2D eigenvalue weighted by atomic mass is 10.1. The minimum Gasteiger partial charge on any atom is -0.348 e. The van der Waals surface area contributed by atoms with Gasteiger partial charge in [-0.15, -0.1) is 0 Å². The minimum atomic E-state index is -4.64. The van der Waals surface area contributed by atoms with E-state index >= 15 is 0 Å². The third-order valence-electron chi connectivity index (χ3n) is 4.65. The highest BCUT2D eigenvalue weighted by atomic mass is 32.2. The molecule has 0 unspecified atom stereocenters. The number of hydrogen-bond donors (Lipinski definition) is 1. The highest BCUT2D eigenvalue weighted by molar-refractivity contribution is 7.89. The van der Waals surface area contributed by atoms with Crippen LogP contribution in [-0.2, 0) is 21.0 Å². The summed E-state index contributed by atoms with van der Waals surface area (Å²) < 4.78 is 68.1. The van der Waals surface area contributed by atoms with E-state index in [1.807, 2.05) is 6.92 Å². The maximum atomic E-state index is 13.3. The van der Waals surface area contributed by atoms with Crippen molar-refractivity contribution >= 4 is 15.9 Å². The summed E-state index contributed by atoms with van der Waals surface area (Å²) >= 11 is 0. The predicted molar refractivity (Wildman–Crippen MR) is 113 cm³/mol. The van der Waals surface area contributed by atoms with Crippen LogP contribution in [0.3, 0.4) is 0 Å². The number of alkyl halides is 3. The molecule has 0 aliphatic rings. The zero-order chi connectivity index (χ0) is 23.7. The van der Waals surface area contributed by atoms with E-state index in [4.69, 9.17) is 0 Å². The molecule has 0 saturated carbocycles. The molecule has 0 fully saturated rings. The Morgan fingerprint density at radius 2 is 1.66 bits per heavy atom. The van der Waals surface area contributed by atoms with Gasteiger partial charge in [-0.1, -0.05) is 29.8 Å². The molecule has 0 aliphatic carbocycles. The van der Waals surface area contributed by atoms with Crippen molar-refractivity contribution in [3.63, 3.8) is 0 Å². The number of sulfonamides is 1. The number of hydrogen-bond acceptors (Lipinski definition) is 4. The Morgan fingerprint density at radius 1 is 1.06 bits per heavy atom. The highest BCUT2D eigenvalue weighted by Gasteiger charge is 2.35. The van der Waals surface area contributed by atoms with Crippen molar-refractivity contribution in [2.45, 2.75) is 18.0 Å². The first-order chi connectivity index (χ1) is 14.9. The molecule has 0 saturated heterocycles. The standard InChI is InChI=1S/C21H21F3N4O3S/c1-14-4-6-15(7-5-14)18-12-19(21(22,23)24)26-28(18)16-8-10-17(11-9-16)32(30,31)25-13-20(29)27(2)3/h4-12,25H,13H2,1-3H3. The number of likely N-dealkylation sites (N-methyl/N-ethyl adjacent to an activating group) is 1. The molecule has 1 amide bonds. The molecule has 3 aromatic rings. The van der Waals surface area contributed by atoms with Crippen molar-refractivity contribution in [2.24, 2.45) is 0 Å². The van der Waals surface area contributed by atoms with Crippen molar-refractivity contribution in [3.8, 4) is 16.9 Å². The van der Waals surface area contributed by atoms with Gasteiger partial charge in [0.2, 0.25) is 15.9 Å². The van der Waals surface area contributed by atoms with Gasteiger partial charge in [0.05, 0.1) is 22.8 Å². The Labute approximate surface area is 183 Å². The molecule has 0 aliphatic heterocycles. The zero-order valence-corrected chi connectivity index (χ0v) is 18.3. The summed E-state index contributed by atoms with van der Waals surface area (Å²) in [5.74, 6) is -0.427. The molecule has 0 atom stereocenters. The highest BCUT2D eigenvalue weighted by Crippen LogP contribution is 2.33. The number of carbonyl (C=O) groups is 1. The summed E-state index contributed by atoms with van der Waals surface area (Å²) in [4.78, 5) is 12.7. The number of amides is 1. The van der Waals surface area contributed by atoms with Crippen molar-refractivity contribution < 1.29 is 26.4 Å². The summed E-state index contributed by atoms with van der Waals surface area (Å²) in [5.41, 5.74) is 0.875. The fourth-order valence-electron chi connectivity index (χ4n) is 2.81. The first-order valence-corrected chi connectivity index (χ1v) is 10.9. The van der Waals surface area contributed by atoms with E-state index in [0.29, 0.717) is 5.56 Å². The second-order valence-electron chi connectivity index (χ2n) is 7.30. The monoisotopic (exact) mass is 466 g/mol. The molecular weight excluding hydrogens is 445 g/mol. The molecule has 1 aromatic heterocycles. The van der Waals surface area contributed by atoms with Crippen LogP contribution in [0.5, 0.6) is 0 Å². The Hall–Kier alpha value is -3.18. The van der Waals surface area contributed by atoms with E-state index in [9.17, 15) is 26.4 Å². The quantitative estimate of drug-likeness (QED) is 0.605. The molecule has 1 N–H and O–H groups in total. The van der Waals surface area contributed by atoms with Gasteiger partial charge in [-0.05, 0) is 37.3 Å². The van der Waals surface area contributed by atoms with Crippen LogP contribution in [0, 0.1) is 6.92 Å². The van der Waals surface area contributed by atoms with Crippen LogP contribution in [0.15, 0.2) is 59.5 Å². The van der Waals surface area contributed by atoms with Gasteiger partial charge >= 0.3 is 6.18 Å². The topological polar surface area (TPSA) is 84.3 Å². The summed E-state index contributed by atoms with van der Waals surface area (Å²) in [5, 5.41) is 3.70. The number of nitrogens with one attached hydrogen (secondary N) is 1. The predicted octanol–water partition coefficient (Wildman–Crippen LogP) is 3.23. The maximum Gasteiger partial charge on any atom is 0.435 e. The van der Waals surface area contributed by atoms with Crippen LogP contribution in [0.1, 0.15) is 11.3 Å². The summed E-state index contributed by atoms with van der Waals surface area (Å²) in [6, 6.07) is 13.1. The first kappa shape index (κ1) is 23.5. The van der Waals surface area contributed by atoms with Crippen LogP contribution >= 0.6 is 0 Å². The Kier molecular flexibility index (Phi) is 6.42. The lowest BCUT2D eigenvalue weighted by Crippen LogP contribution is -2.36. The van der Waals surface area contributed by atoms with Crippen molar-refractivity contribution in [3.05, 3.63) is 65.9 Å². The Bertz CT molecular complexity index is 1220. The van der Waals surface area contributed by atoms with Gasteiger partial charge in [-0.25, -0.2) is 17.8 Å². The van der Waals surface area contributed by atoms with E-state index in [1.165, 1.54) is 43.3 Å². The average Bonchev–Trinajstić information content (AvgIpc) is 3.18. The number of carbonyl (C=O) groups excluding carboxylic acids is 1. The lowest BCUT2D eigenvalue weighted by Gasteiger charge is -2.12. The third kappa shape index (κ3) is 5.17. The van der Waals surface area contributed by atoms with E-state index in [-0.39, 0.29) is 16.3 Å². The maximum absolute atomic E-state index is 13.3. The van der Waals surface area contributed by atoms with Gasteiger partial charge in [-0.2, -0.15) is 18.3 Å². The van der Waals surface area contributed by atoms with Crippen LogP contribution < -0.4 is 4.72 Å². The van der Waals surface area contributed by atoms with Crippen molar-refractivity contribution in [1.82, 2.24) is 19.4 Å². The molecule has 170 valence electrons. The third-order valence-corrected chi connectivity index (χ3v) is 6.07. The molecule has 1 heterocycles. The smallest absolute Gasteiger partial charge is 0.348 e. The zero-order valence-electron chi connectivity index (χ0n) is 17.5.